The molecule has 1 N–H and O–H groups in total. The third-order valence-corrected chi connectivity index (χ3v) is 4.87. The maximum Gasteiger partial charge on any atom is 0.329 e. The lowest BCUT2D eigenvalue weighted by Gasteiger charge is -2.34. The van der Waals surface area contributed by atoms with Crippen molar-refractivity contribution in [1.82, 2.24) is 4.90 Å². The van der Waals surface area contributed by atoms with Crippen LogP contribution in [0.5, 0.6) is 0 Å². The molecule has 4 nitrogen and oxygen atoms in total. The molecule has 5 heteroatoms. The van der Waals surface area contributed by atoms with E-state index in [0.717, 1.165) is 6.42 Å². The van der Waals surface area contributed by atoms with Crippen LogP contribution in [0.3, 0.4) is 0 Å². The normalized spacial score (nSPS) is 22.7. The van der Waals surface area contributed by atoms with Crippen LogP contribution in [-0.2, 0) is 16.0 Å². The number of carbonyl (C=O) groups is 2. The Balaban J connectivity index is 2.03. The van der Waals surface area contributed by atoms with E-state index in [1.54, 1.807) is 16.2 Å². The third-order valence-electron chi connectivity index (χ3n) is 3.94. The summed E-state index contributed by atoms with van der Waals surface area (Å²) in [5, 5.41) is 11.4. The van der Waals surface area contributed by atoms with Crippen LogP contribution >= 0.6 is 11.3 Å². The summed E-state index contributed by atoms with van der Waals surface area (Å²) in [7, 11) is 0. The molecule has 104 valence electrons. The lowest BCUT2D eigenvalue weighted by atomic mass is 9.92. The molecule has 2 rings (SSSR count). The Hall–Kier alpha value is -1.36. The van der Waals surface area contributed by atoms with Gasteiger partial charge in [0, 0.05) is 17.8 Å². The van der Waals surface area contributed by atoms with Gasteiger partial charge in [0.05, 0.1) is 0 Å². The molecule has 0 bridgehead atoms. The average molecular weight is 281 g/mol. The Morgan fingerprint density at radius 1 is 1.53 bits per heavy atom. The first-order valence-corrected chi connectivity index (χ1v) is 7.54. The number of hydrogen-bond donors (Lipinski definition) is 1. The SMILES string of the molecule is CCC1(C(=O)O)CCCN1C(=O)CCc1cccs1. The van der Waals surface area contributed by atoms with Crippen molar-refractivity contribution >= 4 is 23.2 Å². The van der Waals surface area contributed by atoms with Crippen molar-refractivity contribution in [3.05, 3.63) is 22.4 Å². The van der Waals surface area contributed by atoms with Crippen molar-refractivity contribution in [2.75, 3.05) is 6.54 Å². The highest BCUT2D eigenvalue weighted by molar-refractivity contribution is 7.09. The van der Waals surface area contributed by atoms with Gasteiger partial charge in [-0.1, -0.05) is 13.0 Å². The van der Waals surface area contributed by atoms with E-state index in [0.29, 0.717) is 32.2 Å². The molecule has 0 saturated carbocycles. The summed E-state index contributed by atoms with van der Waals surface area (Å²) in [4.78, 5) is 26.6. The van der Waals surface area contributed by atoms with Crippen molar-refractivity contribution in [2.24, 2.45) is 0 Å². The second kappa shape index (κ2) is 5.74. The molecule has 1 saturated heterocycles. The molecule has 0 aliphatic carbocycles. The molecular formula is C14H19NO3S. The fourth-order valence-electron chi connectivity index (χ4n) is 2.80. The number of aryl methyl sites for hydroxylation is 1. The van der Waals surface area contributed by atoms with Crippen molar-refractivity contribution in [3.63, 3.8) is 0 Å². The number of amides is 1. The lowest BCUT2D eigenvalue weighted by Crippen LogP contribution is -2.52. The van der Waals surface area contributed by atoms with Gasteiger partial charge in [0.15, 0.2) is 0 Å². The first-order chi connectivity index (χ1) is 9.10. The number of hydrogen-bond acceptors (Lipinski definition) is 3. The van der Waals surface area contributed by atoms with E-state index >= 15 is 0 Å². The third kappa shape index (κ3) is 2.66. The fourth-order valence-corrected chi connectivity index (χ4v) is 3.51. The second-order valence-corrected chi connectivity index (χ2v) is 5.95. The summed E-state index contributed by atoms with van der Waals surface area (Å²) in [6.45, 7) is 2.42. The topological polar surface area (TPSA) is 57.6 Å². The molecule has 1 amide bonds. The molecule has 0 radical (unpaired) electrons. The van der Waals surface area contributed by atoms with E-state index < -0.39 is 11.5 Å². The largest absolute Gasteiger partial charge is 0.479 e. The van der Waals surface area contributed by atoms with E-state index in [4.69, 9.17) is 0 Å². The van der Waals surface area contributed by atoms with E-state index in [2.05, 4.69) is 0 Å². The van der Waals surface area contributed by atoms with Crippen LogP contribution in [0.2, 0.25) is 0 Å². The Morgan fingerprint density at radius 3 is 2.89 bits per heavy atom. The Bertz CT molecular complexity index is 457. The molecule has 1 atom stereocenters. The van der Waals surface area contributed by atoms with Gasteiger partial charge in [-0.25, -0.2) is 4.79 Å². The maximum atomic E-state index is 12.3. The molecule has 1 aliphatic rings. The van der Waals surface area contributed by atoms with Crippen molar-refractivity contribution in [1.29, 1.82) is 0 Å². The van der Waals surface area contributed by atoms with Crippen LogP contribution in [0.25, 0.3) is 0 Å². The molecule has 1 fully saturated rings. The number of carbonyl (C=O) groups excluding carboxylic acids is 1. The fraction of sp³-hybridized carbons (Fsp3) is 0.571. The number of rotatable bonds is 5. The summed E-state index contributed by atoms with van der Waals surface area (Å²) >= 11 is 1.63. The molecule has 0 aromatic carbocycles. The van der Waals surface area contributed by atoms with Crippen LogP contribution in [0.15, 0.2) is 17.5 Å². The van der Waals surface area contributed by atoms with Gasteiger partial charge < -0.3 is 10.0 Å². The van der Waals surface area contributed by atoms with Crippen LogP contribution in [0.1, 0.15) is 37.5 Å². The minimum absolute atomic E-state index is 0.0323. The number of likely N-dealkylation sites (tertiary alicyclic amines) is 1. The molecule has 1 unspecified atom stereocenters. The zero-order chi connectivity index (χ0) is 13.9. The van der Waals surface area contributed by atoms with Crippen LogP contribution in [0, 0.1) is 0 Å². The minimum atomic E-state index is -0.966. The predicted octanol–water partition coefficient (Wildman–Crippen LogP) is 2.54. The Kier molecular flexibility index (Phi) is 4.24. The highest BCUT2D eigenvalue weighted by Gasteiger charge is 2.48. The lowest BCUT2D eigenvalue weighted by molar-refractivity contribution is -0.156. The van der Waals surface area contributed by atoms with Gasteiger partial charge in [-0.3, -0.25) is 4.79 Å². The zero-order valence-electron chi connectivity index (χ0n) is 11.1. The smallest absolute Gasteiger partial charge is 0.329 e. The van der Waals surface area contributed by atoms with Crippen LogP contribution in [-0.4, -0.2) is 34.0 Å². The highest BCUT2D eigenvalue weighted by Crippen LogP contribution is 2.33. The van der Waals surface area contributed by atoms with Crippen molar-refractivity contribution < 1.29 is 14.7 Å². The predicted molar refractivity (Wildman–Crippen MR) is 74.2 cm³/mol. The summed E-state index contributed by atoms with van der Waals surface area (Å²) in [6, 6.07) is 3.97. The van der Waals surface area contributed by atoms with Gasteiger partial charge in [0.1, 0.15) is 5.54 Å². The number of aliphatic carboxylic acids is 1. The molecule has 2 heterocycles. The number of carboxylic acid groups (broad SMARTS) is 1. The van der Waals surface area contributed by atoms with E-state index in [1.165, 1.54) is 4.88 Å². The van der Waals surface area contributed by atoms with Crippen molar-refractivity contribution in [3.8, 4) is 0 Å². The van der Waals surface area contributed by atoms with Gasteiger partial charge in [0.2, 0.25) is 5.91 Å². The summed E-state index contributed by atoms with van der Waals surface area (Å²) in [5.41, 5.74) is -0.966. The molecule has 19 heavy (non-hydrogen) atoms. The molecule has 0 spiro atoms. The summed E-state index contributed by atoms with van der Waals surface area (Å²) in [6.07, 6.45) is 2.93. The summed E-state index contributed by atoms with van der Waals surface area (Å²) in [5.74, 6) is -0.896. The zero-order valence-corrected chi connectivity index (χ0v) is 11.9. The van der Waals surface area contributed by atoms with Crippen LogP contribution in [0.4, 0.5) is 0 Å². The molecule has 1 aromatic rings. The number of nitrogens with zero attached hydrogens (tertiary/aromatic N) is 1. The van der Waals surface area contributed by atoms with Gasteiger partial charge in [-0.2, -0.15) is 0 Å². The van der Waals surface area contributed by atoms with Gasteiger partial charge in [-0.15, -0.1) is 11.3 Å². The Labute approximate surface area is 117 Å². The van der Waals surface area contributed by atoms with Crippen molar-refractivity contribution in [2.45, 2.75) is 44.6 Å². The van der Waals surface area contributed by atoms with Gasteiger partial charge in [-0.05, 0) is 37.1 Å². The Morgan fingerprint density at radius 2 is 2.32 bits per heavy atom. The monoisotopic (exact) mass is 281 g/mol. The van der Waals surface area contributed by atoms with Gasteiger partial charge >= 0.3 is 5.97 Å². The molecular weight excluding hydrogens is 262 g/mol. The second-order valence-electron chi connectivity index (χ2n) is 4.92. The first-order valence-electron chi connectivity index (χ1n) is 6.66. The molecule has 1 aromatic heterocycles. The van der Waals surface area contributed by atoms with E-state index in [1.807, 2.05) is 24.4 Å². The number of thiophene rings is 1. The van der Waals surface area contributed by atoms with E-state index in [9.17, 15) is 14.7 Å². The minimum Gasteiger partial charge on any atom is -0.479 e. The average Bonchev–Trinajstić information content (AvgIpc) is 3.05. The van der Waals surface area contributed by atoms with Crippen LogP contribution < -0.4 is 0 Å². The standard InChI is InChI=1S/C14H19NO3S/c1-2-14(13(17)18)8-4-9-15(14)12(16)7-6-11-5-3-10-19-11/h3,5,10H,2,4,6-9H2,1H3,(H,17,18). The summed E-state index contributed by atoms with van der Waals surface area (Å²) < 4.78 is 0. The highest BCUT2D eigenvalue weighted by atomic mass is 32.1. The molecule has 1 aliphatic heterocycles. The quantitative estimate of drug-likeness (QED) is 0.902. The van der Waals surface area contributed by atoms with Gasteiger partial charge in [0.25, 0.3) is 0 Å². The number of carboxylic acids is 1. The first kappa shape index (κ1) is 14.1. The maximum absolute atomic E-state index is 12.3. The van der Waals surface area contributed by atoms with E-state index in [-0.39, 0.29) is 5.91 Å².